The van der Waals surface area contributed by atoms with E-state index in [9.17, 15) is 9.59 Å². The van der Waals surface area contributed by atoms with Gasteiger partial charge in [0, 0.05) is 12.7 Å². The molecule has 6 nitrogen and oxygen atoms in total. The largest absolute Gasteiger partial charge is 0.482 e. The average molecular weight is 330 g/mol. The summed E-state index contributed by atoms with van der Waals surface area (Å²) in [4.78, 5) is 23.8. The second-order valence-corrected chi connectivity index (χ2v) is 5.46. The van der Waals surface area contributed by atoms with Gasteiger partial charge in [-0.25, -0.2) is 4.79 Å². The van der Waals surface area contributed by atoms with E-state index in [1.54, 1.807) is 0 Å². The minimum Gasteiger partial charge on any atom is -0.482 e. The molecule has 1 fully saturated rings. The summed E-state index contributed by atoms with van der Waals surface area (Å²) in [7, 11) is 0. The van der Waals surface area contributed by atoms with Crippen molar-refractivity contribution in [3.8, 4) is 5.75 Å². The summed E-state index contributed by atoms with van der Waals surface area (Å²) >= 11 is 0. The Hall–Kier alpha value is -2.60. The Morgan fingerprint density at radius 2 is 2.04 bits per heavy atom. The van der Waals surface area contributed by atoms with Crippen molar-refractivity contribution in [2.75, 3.05) is 6.61 Å². The second kappa shape index (κ2) is 7.79. The summed E-state index contributed by atoms with van der Waals surface area (Å²) in [6.07, 6.45) is 2.24. The molecule has 0 saturated carbocycles. The van der Waals surface area contributed by atoms with Gasteiger partial charge in [0.1, 0.15) is 25.2 Å². The molecule has 1 aliphatic rings. The van der Waals surface area contributed by atoms with Crippen molar-refractivity contribution in [2.24, 2.45) is 0 Å². The molecular weight excluding hydrogens is 312 g/mol. The van der Waals surface area contributed by atoms with Crippen LogP contribution < -0.4 is 10.2 Å². The predicted octanol–water partition coefficient (Wildman–Crippen LogP) is 2.44. The van der Waals surface area contributed by atoms with Gasteiger partial charge in [0.2, 0.25) is 11.2 Å². The van der Waals surface area contributed by atoms with Gasteiger partial charge in [-0.1, -0.05) is 30.3 Å². The first-order chi connectivity index (χ1) is 11.7. The summed E-state index contributed by atoms with van der Waals surface area (Å²) in [5, 5.41) is 0. The molecule has 1 aromatic heterocycles. The minimum absolute atomic E-state index is 0.104. The van der Waals surface area contributed by atoms with Gasteiger partial charge in [-0.15, -0.1) is 0 Å². The highest BCUT2D eigenvalue weighted by molar-refractivity contribution is 5.74. The number of carbonyl (C=O) groups excluding carboxylic acids is 1. The SMILES string of the molecule is O=C(OCc1cc(=O)c(OCc2ccccc2)co1)C1CCCO1. The Morgan fingerprint density at radius 3 is 2.75 bits per heavy atom. The Morgan fingerprint density at radius 1 is 1.21 bits per heavy atom. The summed E-state index contributed by atoms with van der Waals surface area (Å²) in [6, 6.07) is 10.8. The number of rotatable bonds is 6. The van der Waals surface area contributed by atoms with Crippen LogP contribution in [-0.4, -0.2) is 18.7 Å². The molecule has 126 valence electrons. The second-order valence-electron chi connectivity index (χ2n) is 5.46. The molecule has 1 atom stereocenters. The number of ether oxygens (including phenoxy) is 3. The smallest absolute Gasteiger partial charge is 0.335 e. The van der Waals surface area contributed by atoms with Crippen LogP contribution in [0.25, 0.3) is 0 Å². The molecule has 0 N–H and O–H groups in total. The lowest BCUT2D eigenvalue weighted by molar-refractivity contribution is -0.156. The summed E-state index contributed by atoms with van der Waals surface area (Å²) < 4.78 is 21.1. The van der Waals surface area contributed by atoms with Gasteiger partial charge in [0.05, 0.1) is 0 Å². The van der Waals surface area contributed by atoms with Crippen molar-refractivity contribution >= 4 is 5.97 Å². The predicted molar refractivity (Wildman–Crippen MR) is 84.5 cm³/mol. The highest BCUT2D eigenvalue weighted by atomic mass is 16.6. The zero-order valence-corrected chi connectivity index (χ0v) is 13.1. The molecule has 1 unspecified atom stereocenters. The minimum atomic E-state index is -0.509. The summed E-state index contributed by atoms with van der Waals surface area (Å²) in [6.45, 7) is 0.744. The van der Waals surface area contributed by atoms with Crippen molar-refractivity contribution in [3.05, 3.63) is 64.2 Å². The van der Waals surface area contributed by atoms with E-state index in [-0.39, 0.29) is 30.2 Å². The fourth-order valence-corrected chi connectivity index (χ4v) is 2.35. The van der Waals surface area contributed by atoms with Crippen molar-refractivity contribution in [1.29, 1.82) is 0 Å². The Balaban J connectivity index is 1.54. The van der Waals surface area contributed by atoms with Crippen LogP contribution in [0.2, 0.25) is 0 Å². The van der Waals surface area contributed by atoms with E-state index in [0.29, 0.717) is 13.0 Å². The lowest BCUT2D eigenvalue weighted by Gasteiger charge is -2.09. The van der Waals surface area contributed by atoms with E-state index >= 15 is 0 Å². The van der Waals surface area contributed by atoms with E-state index in [2.05, 4.69) is 0 Å². The van der Waals surface area contributed by atoms with Gasteiger partial charge in [-0.3, -0.25) is 4.79 Å². The molecule has 6 heteroatoms. The molecule has 3 rings (SSSR count). The standard InChI is InChI=1S/C18H18O6/c19-15-9-14(11-24-18(20)16-7-4-8-21-16)22-12-17(15)23-10-13-5-2-1-3-6-13/h1-3,5-6,9,12,16H,4,7-8,10-11H2. The maximum Gasteiger partial charge on any atom is 0.335 e. The molecule has 2 aromatic rings. The number of hydrogen-bond acceptors (Lipinski definition) is 6. The molecule has 0 spiro atoms. The Bertz CT molecular complexity index is 731. The van der Waals surface area contributed by atoms with Gasteiger partial charge in [0.25, 0.3) is 0 Å². The van der Waals surface area contributed by atoms with Crippen LogP contribution in [0.1, 0.15) is 24.2 Å². The zero-order valence-electron chi connectivity index (χ0n) is 13.1. The Kier molecular flexibility index (Phi) is 5.28. The quantitative estimate of drug-likeness (QED) is 0.757. The third-order valence-corrected chi connectivity index (χ3v) is 3.64. The highest BCUT2D eigenvalue weighted by Crippen LogP contribution is 2.15. The number of benzene rings is 1. The van der Waals surface area contributed by atoms with E-state index < -0.39 is 12.1 Å². The average Bonchev–Trinajstić information content (AvgIpc) is 3.14. The fourth-order valence-electron chi connectivity index (χ4n) is 2.35. The van der Waals surface area contributed by atoms with Gasteiger partial charge in [-0.05, 0) is 18.4 Å². The molecule has 0 radical (unpaired) electrons. The van der Waals surface area contributed by atoms with Gasteiger partial charge >= 0.3 is 5.97 Å². The highest BCUT2D eigenvalue weighted by Gasteiger charge is 2.25. The number of esters is 1. The summed E-state index contributed by atoms with van der Waals surface area (Å²) in [5.41, 5.74) is 0.631. The molecule has 0 aliphatic carbocycles. The molecule has 0 bridgehead atoms. The molecule has 1 aliphatic heterocycles. The molecule has 0 amide bonds. The fraction of sp³-hybridized carbons (Fsp3) is 0.333. The number of carbonyl (C=O) groups is 1. The van der Waals surface area contributed by atoms with Crippen LogP contribution in [0.3, 0.4) is 0 Å². The van der Waals surface area contributed by atoms with E-state index in [1.807, 2.05) is 30.3 Å². The van der Waals surface area contributed by atoms with Crippen LogP contribution in [-0.2, 0) is 27.5 Å². The molecule has 24 heavy (non-hydrogen) atoms. The summed E-state index contributed by atoms with van der Waals surface area (Å²) in [5.74, 6) is -0.0500. The van der Waals surface area contributed by atoms with Crippen molar-refractivity contribution in [2.45, 2.75) is 32.2 Å². The van der Waals surface area contributed by atoms with Crippen molar-refractivity contribution in [3.63, 3.8) is 0 Å². The number of hydrogen-bond donors (Lipinski definition) is 0. The maximum atomic E-state index is 12.0. The molecule has 1 aromatic carbocycles. The topological polar surface area (TPSA) is 75.0 Å². The van der Waals surface area contributed by atoms with Gasteiger partial charge in [-0.2, -0.15) is 0 Å². The Labute approximate surface area is 139 Å². The van der Waals surface area contributed by atoms with Gasteiger partial charge < -0.3 is 18.6 Å². The molecular formula is C18H18O6. The lowest BCUT2D eigenvalue weighted by Crippen LogP contribution is -2.22. The van der Waals surface area contributed by atoms with Crippen molar-refractivity contribution < 1.29 is 23.4 Å². The van der Waals surface area contributed by atoms with Gasteiger partial charge in [0.15, 0.2) is 6.10 Å². The third kappa shape index (κ3) is 4.23. The lowest BCUT2D eigenvalue weighted by atomic mass is 10.2. The van der Waals surface area contributed by atoms with Crippen LogP contribution in [0.5, 0.6) is 5.75 Å². The maximum absolute atomic E-state index is 12.0. The zero-order chi connectivity index (χ0) is 16.8. The van der Waals surface area contributed by atoms with Crippen LogP contribution in [0, 0.1) is 0 Å². The van der Waals surface area contributed by atoms with E-state index in [0.717, 1.165) is 12.0 Å². The third-order valence-electron chi connectivity index (χ3n) is 3.64. The normalized spacial score (nSPS) is 16.8. The van der Waals surface area contributed by atoms with E-state index in [1.165, 1.54) is 12.3 Å². The first-order valence-electron chi connectivity index (χ1n) is 7.79. The van der Waals surface area contributed by atoms with Crippen LogP contribution in [0.15, 0.2) is 51.9 Å². The van der Waals surface area contributed by atoms with Crippen molar-refractivity contribution in [1.82, 2.24) is 0 Å². The monoisotopic (exact) mass is 330 g/mol. The first-order valence-corrected chi connectivity index (χ1v) is 7.79. The van der Waals surface area contributed by atoms with Crippen LogP contribution >= 0.6 is 0 Å². The first kappa shape index (κ1) is 16.3. The van der Waals surface area contributed by atoms with Crippen LogP contribution in [0.4, 0.5) is 0 Å². The van der Waals surface area contributed by atoms with E-state index in [4.69, 9.17) is 18.6 Å². The molecule has 2 heterocycles. The molecule has 1 saturated heterocycles.